The monoisotopic (exact) mass is 242 g/mol. The van der Waals surface area contributed by atoms with E-state index in [-0.39, 0.29) is 11.8 Å². The molecule has 0 aromatic carbocycles. The topological polar surface area (TPSA) is 50.3 Å². The van der Waals surface area contributed by atoms with Crippen LogP contribution in [0.3, 0.4) is 0 Å². The average Bonchev–Trinajstić information content (AvgIpc) is 2.28. The molecule has 0 saturated heterocycles. The molecule has 0 amide bonds. The van der Waals surface area contributed by atoms with Crippen LogP contribution in [0.15, 0.2) is 24.5 Å². The number of rotatable bonds is 5. The van der Waals surface area contributed by atoms with Gasteiger partial charge in [0.05, 0.1) is 5.75 Å². The molecule has 1 heterocycles. The second-order valence-corrected chi connectivity index (χ2v) is 5.94. The van der Waals surface area contributed by atoms with Crippen LogP contribution in [0.2, 0.25) is 0 Å². The van der Waals surface area contributed by atoms with Crippen molar-refractivity contribution in [1.29, 1.82) is 0 Å². The predicted octanol–water partition coefficient (Wildman–Crippen LogP) is 1.81. The van der Waals surface area contributed by atoms with Gasteiger partial charge in [0.1, 0.15) is 0 Å². The van der Waals surface area contributed by atoms with Crippen molar-refractivity contribution in [2.24, 2.45) is 0 Å². The third-order valence-corrected chi connectivity index (χ3v) is 4.75. The van der Waals surface area contributed by atoms with Crippen molar-refractivity contribution < 1.29 is 8.42 Å². The molecular formula is C11H18N2O2S. The molecule has 0 N–H and O–H groups in total. The summed E-state index contributed by atoms with van der Waals surface area (Å²) in [6.07, 6.45) is 3.98. The van der Waals surface area contributed by atoms with Gasteiger partial charge in [-0.3, -0.25) is 4.98 Å². The summed E-state index contributed by atoms with van der Waals surface area (Å²) >= 11 is 0. The van der Waals surface area contributed by atoms with Crippen LogP contribution in [-0.4, -0.2) is 30.5 Å². The second-order valence-electron chi connectivity index (χ2n) is 3.79. The molecule has 90 valence electrons. The molecule has 0 aliphatic heterocycles. The molecule has 5 heteroatoms. The second kappa shape index (κ2) is 5.41. The minimum absolute atomic E-state index is 0.153. The Morgan fingerprint density at radius 2 is 1.94 bits per heavy atom. The van der Waals surface area contributed by atoms with E-state index in [0.717, 1.165) is 5.56 Å². The van der Waals surface area contributed by atoms with Gasteiger partial charge in [-0.1, -0.05) is 6.92 Å². The summed E-state index contributed by atoms with van der Waals surface area (Å²) in [6.45, 7) is 3.74. The molecule has 1 atom stereocenters. The fraction of sp³-hybridized carbons (Fsp3) is 0.545. The lowest BCUT2D eigenvalue weighted by atomic mass is 10.1. The smallest absolute Gasteiger partial charge is 0.214 e. The van der Waals surface area contributed by atoms with E-state index in [0.29, 0.717) is 6.42 Å². The van der Waals surface area contributed by atoms with Crippen molar-refractivity contribution in [2.75, 3.05) is 12.8 Å². The summed E-state index contributed by atoms with van der Waals surface area (Å²) in [5.41, 5.74) is 0.956. The summed E-state index contributed by atoms with van der Waals surface area (Å²) in [5, 5.41) is 0. The van der Waals surface area contributed by atoms with Crippen molar-refractivity contribution in [2.45, 2.75) is 26.3 Å². The maximum absolute atomic E-state index is 11.9. The van der Waals surface area contributed by atoms with Gasteiger partial charge in [-0.05, 0) is 31.0 Å². The van der Waals surface area contributed by atoms with E-state index in [2.05, 4.69) is 4.98 Å². The molecule has 0 fully saturated rings. The van der Waals surface area contributed by atoms with Gasteiger partial charge in [0, 0.05) is 25.5 Å². The van der Waals surface area contributed by atoms with E-state index in [1.807, 2.05) is 26.0 Å². The molecule has 0 aliphatic carbocycles. The molecule has 4 nitrogen and oxygen atoms in total. The van der Waals surface area contributed by atoms with Crippen molar-refractivity contribution in [3.05, 3.63) is 30.1 Å². The van der Waals surface area contributed by atoms with Gasteiger partial charge < -0.3 is 0 Å². The molecule has 1 unspecified atom stereocenters. The molecule has 0 saturated carbocycles. The Morgan fingerprint density at radius 1 is 1.38 bits per heavy atom. The lowest BCUT2D eigenvalue weighted by molar-refractivity contribution is 0.398. The number of pyridine rings is 1. The van der Waals surface area contributed by atoms with Gasteiger partial charge >= 0.3 is 0 Å². The summed E-state index contributed by atoms with van der Waals surface area (Å²) in [5.74, 6) is 0.193. The number of hydrogen-bond donors (Lipinski definition) is 0. The van der Waals surface area contributed by atoms with E-state index in [4.69, 9.17) is 0 Å². The van der Waals surface area contributed by atoms with Crippen molar-refractivity contribution in [3.63, 3.8) is 0 Å². The highest BCUT2D eigenvalue weighted by molar-refractivity contribution is 7.89. The Labute approximate surface area is 97.4 Å². The summed E-state index contributed by atoms with van der Waals surface area (Å²) < 4.78 is 25.1. The van der Waals surface area contributed by atoms with E-state index < -0.39 is 10.0 Å². The van der Waals surface area contributed by atoms with E-state index in [1.54, 1.807) is 19.4 Å². The highest BCUT2D eigenvalue weighted by atomic mass is 32.2. The molecule has 1 aromatic heterocycles. The Kier molecular flexibility index (Phi) is 4.44. The average molecular weight is 242 g/mol. The van der Waals surface area contributed by atoms with Crippen LogP contribution in [0.5, 0.6) is 0 Å². The van der Waals surface area contributed by atoms with Crippen molar-refractivity contribution >= 4 is 10.0 Å². The van der Waals surface area contributed by atoms with Gasteiger partial charge in [0.2, 0.25) is 10.0 Å². The van der Waals surface area contributed by atoms with Gasteiger partial charge in [0.25, 0.3) is 0 Å². The first kappa shape index (κ1) is 13.1. The Morgan fingerprint density at radius 3 is 2.44 bits per heavy atom. The fourth-order valence-electron chi connectivity index (χ4n) is 1.49. The first-order chi connectivity index (χ1) is 7.49. The first-order valence-corrected chi connectivity index (χ1v) is 6.95. The first-order valence-electron chi connectivity index (χ1n) is 5.34. The standard InChI is InChI=1S/C11H18N2O2S/c1-4-9-16(14,15)13(3)10(2)11-5-7-12-8-6-11/h5-8,10H,4,9H2,1-3H3. The van der Waals surface area contributed by atoms with Crippen LogP contribution in [0, 0.1) is 0 Å². The Balaban J connectivity index is 2.87. The number of sulfonamides is 1. The van der Waals surface area contributed by atoms with E-state index in [1.165, 1.54) is 4.31 Å². The minimum Gasteiger partial charge on any atom is -0.265 e. The molecule has 0 aliphatic rings. The zero-order valence-electron chi connectivity index (χ0n) is 9.92. The van der Waals surface area contributed by atoms with Crippen LogP contribution >= 0.6 is 0 Å². The predicted molar refractivity (Wildman–Crippen MR) is 64.5 cm³/mol. The van der Waals surface area contributed by atoms with Gasteiger partial charge in [-0.15, -0.1) is 0 Å². The maximum atomic E-state index is 11.9. The molecule has 16 heavy (non-hydrogen) atoms. The van der Waals surface area contributed by atoms with Crippen LogP contribution in [-0.2, 0) is 10.0 Å². The maximum Gasteiger partial charge on any atom is 0.214 e. The summed E-state index contributed by atoms with van der Waals surface area (Å²) in [6, 6.07) is 3.52. The highest BCUT2D eigenvalue weighted by Gasteiger charge is 2.23. The molecule has 0 radical (unpaired) electrons. The fourth-order valence-corrected chi connectivity index (χ4v) is 2.90. The Bertz CT molecular complexity index is 417. The van der Waals surface area contributed by atoms with Crippen LogP contribution in [0.4, 0.5) is 0 Å². The minimum atomic E-state index is -3.14. The Hall–Kier alpha value is -0.940. The van der Waals surface area contributed by atoms with Crippen LogP contribution in [0.25, 0.3) is 0 Å². The quantitative estimate of drug-likeness (QED) is 0.791. The number of aromatic nitrogens is 1. The molecule has 1 rings (SSSR count). The normalized spacial score (nSPS) is 14.0. The third-order valence-electron chi connectivity index (χ3n) is 2.63. The largest absolute Gasteiger partial charge is 0.265 e. The lowest BCUT2D eigenvalue weighted by Gasteiger charge is -2.24. The van der Waals surface area contributed by atoms with E-state index in [9.17, 15) is 8.42 Å². The zero-order valence-corrected chi connectivity index (χ0v) is 10.7. The SMILES string of the molecule is CCCS(=O)(=O)N(C)C(C)c1ccncc1. The van der Waals surface area contributed by atoms with E-state index >= 15 is 0 Å². The number of nitrogens with zero attached hydrogens (tertiary/aromatic N) is 2. The number of hydrogen-bond acceptors (Lipinski definition) is 3. The van der Waals surface area contributed by atoms with Gasteiger partial charge in [0.15, 0.2) is 0 Å². The molecule has 0 bridgehead atoms. The van der Waals surface area contributed by atoms with Gasteiger partial charge in [-0.25, -0.2) is 8.42 Å². The van der Waals surface area contributed by atoms with Crippen LogP contribution < -0.4 is 0 Å². The molecule has 0 spiro atoms. The molecular weight excluding hydrogens is 224 g/mol. The van der Waals surface area contributed by atoms with Gasteiger partial charge in [-0.2, -0.15) is 4.31 Å². The van der Waals surface area contributed by atoms with Crippen LogP contribution in [0.1, 0.15) is 31.9 Å². The highest BCUT2D eigenvalue weighted by Crippen LogP contribution is 2.21. The zero-order chi connectivity index (χ0) is 12.2. The van der Waals surface area contributed by atoms with Crippen molar-refractivity contribution in [1.82, 2.24) is 9.29 Å². The third kappa shape index (κ3) is 3.02. The summed E-state index contributed by atoms with van der Waals surface area (Å²) in [4.78, 5) is 3.92. The van der Waals surface area contributed by atoms with Crippen molar-refractivity contribution in [3.8, 4) is 0 Å². The molecule has 1 aromatic rings. The summed E-state index contributed by atoms with van der Waals surface area (Å²) in [7, 11) is -1.52. The lowest BCUT2D eigenvalue weighted by Crippen LogP contribution is -2.31.